The van der Waals surface area contributed by atoms with Gasteiger partial charge in [-0.05, 0) is 31.1 Å². The van der Waals surface area contributed by atoms with Crippen molar-refractivity contribution in [2.24, 2.45) is 11.8 Å². The SMILES string of the molecule is CCCCCCCCCCCC(=O)OC[C@H](COC(=O)CCCCCCCCCCCCCCCCCC(C)C)OC(=O)CCCCCCCCCCCCCCCC(C)C. The van der Waals surface area contributed by atoms with Crippen LogP contribution in [0.1, 0.15) is 304 Å². The van der Waals surface area contributed by atoms with Gasteiger partial charge in [0, 0.05) is 19.3 Å². The summed E-state index contributed by atoms with van der Waals surface area (Å²) in [6.45, 7) is 11.4. The predicted octanol–water partition coefficient (Wildman–Crippen LogP) is 17.7. The molecule has 0 N–H and O–H groups in total. The minimum atomic E-state index is -0.761. The van der Waals surface area contributed by atoms with Crippen LogP contribution in [0, 0.1) is 11.8 Å². The molecule has 0 saturated heterocycles. The van der Waals surface area contributed by atoms with E-state index in [1.54, 1.807) is 0 Å². The summed E-state index contributed by atoms with van der Waals surface area (Å²) >= 11 is 0. The summed E-state index contributed by atoms with van der Waals surface area (Å²) < 4.78 is 16.8. The van der Waals surface area contributed by atoms with Crippen molar-refractivity contribution in [3.8, 4) is 0 Å². The Labute approximate surface area is 380 Å². The number of rotatable bonds is 49. The number of carbonyl (C=O) groups excluding carboxylic acids is 3. The second kappa shape index (κ2) is 47.9. The Bertz CT molecular complexity index is 931. The van der Waals surface area contributed by atoms with Crippen LogP contribution >= 0.6 is 0 Å². The van der Waals surface area contributed by atoms with E-state index >= 15 is 0 Å². The first-order valence-electron chi connectivity index (χ1n) is 27.2. The maximum absolute atomic E-state index is 12.8. The second-order valence-electron chi connectivity index (χ2n) is 19.8. The van der Waals surface area contributed by atoms with Gasteiger partial charge >= 0.3 is 17.9 Å². The molecule has 0 aromatic rings. The molecule has 0 fully saturated rings. The van der Waals surface area contributed by atoms with E-state index in [4.69, 9.17) is 14.2 Å². The fourth-order valence-electron chi connectivity index (χ4n) is 8.34. The number of carbonyl (C=O) groups is 3. The highest BCUT2D eigenvalue weighted by Gasteiger charge is 2.19. The molecule has 0 aromatic heterocycles. The number of hydrogen-bond donors (Lipinski definition) is 0. The van der Waals surface area contributed by atoms with Crippen LogP contribution in [0.25, 0.3) is 0 Å². The first-order chi connectivity index (χ1) is 29.7. The lowest BCUT2D eigenvalue weighted by Crippen LogP contribution is -2.30. The van der Waals surface area contributed by atoms with Crippen molar-refractivity contribution >= 4 is 17.9 Å². The highest BCUT2D eigenvalue weighted by atomic mass is 16.6. The molecule has 0 rings (SSSR count). The minimum absolute atomic E-state index is 0.0632. The largest absolute Gasteiger partial charge is 0.462 e. The van der Waals surface area contributed by atoms with E-state index in [0.29, 0.717) is 19.3 Å². The Morgan fingerprint density at radius 3 is 0.803 bits per heavy atom. The van der Waals surface area contributed by atoms with Gasteiger partial charge in [-0.25, -0.2) is 0 Å². The zero-order chi connectivity index (χ0) is 44.7. The summed E-state index contributed by atoms with van der Waals surface area (Å²) in [7, 11) is 0. The maximum Gasteiger partial charge on any atom is 0.306 e. The molecule has 0 saturated carbocycles. The number of unbranched alkanes of at least 4 members (excludes halogenated alkanes) is 34. The van der Waals surface area contributed by atoms with Crippen LogP contribution < -0.4 is 0 Å². The summed E-state index contributed by atoms with van der Waals surface area (Å²) in [4.78, 5) is 37.9. The van der Waals surface area contributed by atoms with E-state index in [0.717, 1.165) is 69.6 Å². The zero-order valence-electron chi connectivity index (χ0n) is 41.8. The van der Waals surface area contributed by atoms with E-state index < -0.39 is 6.10 Å². The molecule has 0 unspecified atom stereocenters. The van der Waals surface area contributed by atoms with Gasteiger partial charge in [0.25, 0.3) is 0 Å². The summed E-state index contributed by atoms with van der Waals surface area (Å²) in [6.07, 6.45) is 49.5. The summed E-state index contributed by atoms with van der Waals surface area (Å²) in [6, 6.07) is 0. The second-order valence-corrected chi connectivity index (χ2v) is 19.8. The average Bonchev–Trinajstić information content (AvgIpc) is 3.23. The third-order valence-corrected chi connectivity index (χ3v) is 12.5. The van der Waals surface area contributed by atoms with Gasteiger partial charge in [-0.2, -0.15) is 0 Å². The third-order valence-electron chi connectivity index (χ3n) is 12.5. The lowest BCUT2D eigenvalue weighted by atomic mass is 10.0. The Morgan fingerprint density at radius 2 is 0.541 bits per heavy atom. The molecule has 0 aromatic carbocycles. The maximum atomic E-state index is 12.8. The van der Waals surface area contributed by atoms with Gasteiger partial charge in [-0.15, -0.1) is 0 Å². The Hall–Kier alpha value is -1.59. The van der Waals surface area contributed by atoms with Crippen LogP contribution in [0.5, 0.6) is 0 Å². The van der Waals surface area contributed by atoms with Gasteiger partial charge in [0.2, 0.25) is 0 Å². The monoisotopic (exact) mass is 863 g/mol. The number of ether oxygens (including phenoxy) is 3. The molecule has 0 spiro atoms. The van der Waals surface area contributed by atoms with Crippen LogP contribution in [0.4, 0.5) is 0 Å². The molecule has 0 amide bonds. The normalized spacial score (nSPS) is 12.0. The molecular weight excluding hydrogens is 757 g/mol. The van der Waals surface area contributed by atoms with Gasteiger partial charge < -0.3 is 14.2 Å². The van der Waals surface area contributed by atoms with Crippen molar-refractivity contribution in [3.63, 3.8) is 0 Å². The molecule has 362 valence electrons. The molecule has 61 heavy (non-hydrogen) atoms. The summed E-state index contributed by atoms with van der Waals surface area (Å²) in [5, 5.41) is 0. The molecule has 0 heterocycles. The molecule has 0 aliphatic carbocycles. The molecule has 1 atom stereocenters. The van der Waals surface area contributed by atoms with Crippen molar-refractivity contribution in [2.75, 3.05) is 13.2 Å². The van der Waals surface area contributed by atoms with E-state index in [9.17, 15) is 14.4 Å². The first-order valence-corrected chi connectivity index (χ1v) is 27.2. The lowest BCUT2D eigenvalue weighted by molar-refractivity contribution is -0.167. The molecule has 0 aliphatic heterocycles. The Morgan fingerprint density at radius 1 is 0.311 bits per heavy atom. The van der Waals surface area contributed by atoms with Gasteiger partial charge in [-0.1, -0.05) is 266 Å². The van der Waals surface area contributed by atoms with Gasteiger partial charge in [0.1, 0.15) is 13.2 Å². The van der Waals surface area contributed by atoms with Crippen molar-refractivity contribution in [1.82, 2.24) is 0 Å². The van der Waals surface area contributed by atoms with Crippen LogP contribution in [-0.2, 0) is 28.6 Å². The van der Waals surface area contributed by atoms with E-state index in [-0.39, 0.29) is 31.1 Å². The van der Waals surface area contributed by atoms with E-state index in [1.165, 1.54) is 193 Å². The molecule has 0 radical (unpaired) electrons. The van der Waals surface area contributed by atoms with Crippen molar-refractivity contribution in [1.29, 1.82) is 0 Å². The third kappa shape index (κ3) is 49.3. The predicted molar refractivity (Wildman–Crippen MR) is 261 cm³/mol. The number of esters is 3. The molecule has 0 aliphatic rings. The lowest BCUT2D eigenvalue weighted by Gasteiger charge is -2.18. The Kier molecular flexibility index (Phi) is 46.6. The van der Waals surface area contributed by atoms with Gasteiger partial charge in [0.15, 0.2) is 6.10 Å². The molecule has 6 heteroatoms. The van der Waals surface area contributed by atoms with E-state index in [1.807, 2.05) is 0 Å². The molecule has 6 nitrogen and oxygen atoms in total. The molecule has 0 bridgehead atoms. The van der Waals surface area contributed by atoms with Crippen molar-refractivity contribution in [2.45, 2.75) is 310 Å². The first kappa shape index (κ1) is 59.4. The van der Waals surface area contributed by atoms with Crippen LogP contribution in [0.3, 0.4) is 0 Å². The fraction of sp³-hybridized carbons (Fsp3) is 0.945. The van der Waals surface area contributed by atoms with Crippen LogP contribution in [0.2, 0.25) is 0 Å². The smallest absolute Gasteiger partial charge is 0.306 e. The van der Waals surface area contributed by atoms with Crippen molar-refractivity contribution in [3.05, 3.63) is 0 Å². The van der Waals surface area contributed by atoms with Crippen LogP contribution in [0.15, 0.2) is 0 Å². The number of hydrogen-bond acceptors (Lipinski definition) is 6. The highest BCUT2D eigenvalue weighted by Crippen LogP contribution is 2.18. The molecular formula is C55H106O6. The van der Waals surface area contributed by atoms with E-state index in [2.05, 4.69) is 34.6 Å². The van der Waals surface area contributed by atoms with Gasteiger partial charge in [0.05, 0.1) is 0 Å². The van der Waals surface area contributed by atoms with Crippen LogP contribution in [-0.4, -0.2) is 37.2 Å². The quantitative estimate of drug-likeness (QED) is 0.0344. The topological polar surface area (TPSA) is 78.9 Å². The summed E-state index contributed by atoms with van der Waals surface area (Å²) in [5.74, 6) is 0.841. The Balaban J connectivity index is 4.23. The fourth-order valence-corrected chi connectivity index (χ4v) is 8.34. The van der Waals surface area contributed by atoms with Crippen molar-refractivity contribution < 1.29 is 28.6 Å². The highest BCUT2D eigenvalue weighted by molar-refractivity contribution is 5.71. The average molecular weight is 863 g/mol. The standard InChI is InChI=1S/C55H106O6/c1-6-7-8-9-10-23-30-35-40-45-53(56)59-48-52(61-55(58)47-42-37-32-27-22-18-14-16-20-25-29-34-39-44-51(4)5)49-60-54(57)46-41-36-31-26-21-17-13-11-12-15-19-24-28-33-38-43-50(2)3/h50-52H,6-49H2,1-5H3/t52-/m1/s1. The summed E-state index contributed by atoms with van der Waals surface area (Å²) in [5.41, 5.74) is 0. The van der Waals surface area contributed by atoms with Gasteiger partial charge in [-0.3, -0.25) is 14.4 Å². The zero-order valence-corrected chi connectivity index (χ0v) is 41.8. The minimum Gasteiger partial charge on any atom is -0.462 e.